The van der Waals surface area contributed by atoms with Crippen LogP contribution in [0.2, 0.25) is 0 Å². The molecule has 0 aliphatic carbocycles. The Morgan fingerprint density at radius 1 is 1.25 bits per heavy atom. The van der Waals surface area contributed by atoms with E-state index in [1.54, 1.807) is 6.33 Å². The van der Waals surface area contributed by atoms with Crippen molar-refractivity contribution in [3.05, 3.63) is 41.0 Å². The maximum atomic E-state index is 5.93. The highest BCUT2D eigenvalue weighted by Crippen LogP contribution is 2.25. The van der Waals surface area contributed by atoms with E-state index in [0.29, 0.717) is 13.2 Å². The second-order valence-electron chi connectivity index (χ2n) is 4.88. The summed E-state index contributed by atoms with van der Waals surface area (Å²) in [5.41, 5.74) is 9.13. The van der Waals surface area contributed by atoms with Crippen molar-refractivity contribution in [3.8, 4) is 5.75 Å². The molecule has 2 aromatic rings. The third kappa shape index (κ3) is 3.17. The number of benzene rings is 1. The monoisotopic (exact) mass is 274 g/mol. The quantitative estimate of drug-likeness (QED) is 0.875. The summed E-state index contributed by atoms with van der Waals surface area (Å²) in [6.45, 7) is 8.06. The lowest BCUT2D eigenvalue weighted by atomic mass is 10.0. The number of rotatable bonds is 6. The highest BCUT2D eigenvalue weighted by Gasteiger charge is 2.09. The van der Waals surface area contributed by atoms with Gasteiger partial charge in [-0.05, 0) is 50.4 Å². The fourth-order valence-corrected chi connectivity index (χ4v) is 2.38. The predicted molar refractivity (Wildman–Crippen MR) is 78.7 cm³/mol. The molecule has 2 N–H and O–H groups in total. The number of nitrogens with zero attached hydrogens (tertiary/aromatic N) is 3. The molecule has 2 rings (SSSR count). The molecular weight excluding hydrogens is 252 g/mol. The molecule has 1 aromatic carbocycles. The fourth-order valence-electron chi connectivity index (χ4n) is 2.38. The van der Waals surface area contributed by atoms with Crippen molar-refractivity contribution in [1.82, 2.24) is 14.8 Å². The summed E-state index contributed by atoms with van der Waals surface area (Å²) in [6.07, 6.45) is 2.46. The second kappa shape index (κ2) is 6.52. The van der Waals surface area contributed by atoms with Crippen molar-refractivity contribution in [1.29, 1.82) is 0 Å². The van der Waals surface area contributed by atoms with E-state index in [1.165, 1.54) is 5.56 Å². The minimum Gasteiger partial charge on any atom is -0.485 e. The molecule has 0 amide bonds. The number of aryl methyl sites for hydroxylation is 3. The zero-order chi connectivity index (χ0) is 14.5. The van der Waals surface area contributed by atoms with Crippen LogP contribution < -0.4 is 10.5 Å². The van der Waals surface area contributed by atoms with Gasteiger partial charge in [0.05, 0.1) is 0 Å². The van der Waals surface area contributed by atoms with Gasteiger partial charge in [0.2, 0.25) is 0 Å². The van der Waals surface area contributed by atoms with Gasteiger partial charge in [-0.2, -0.15) is 5.10 Å². The average Bonchev–Trinajstić information content (AvgIpc) is 2.85. The van der Waals surface area contributed by atoms with Crippen molar-refractivity contribution >= 4 is 0 Å². The van der Waals surface area contributed by atoms with Crippen molar-refractivity contribution in [2.45, 2.75) is 40.3 Å². The lowest BCUT2D eigenvalue weighted by Gasteiger charge is -2.14. The normalized spacial score (nSPS) is 10.8. The van der Waals surface area contributed by atoms with Crippen LogP contribution in [0, 0.1) is 13.8 Å². The van der Waals surface area contributed by atoms with Crippen LogP contribution in [0.5, 0.6) is 5.75 Å². The van der Waals surface area contributed by atoms with Gasteiger partial charge in [-0.15, -0.1) is 0 Å². The highest BCUT2D eigenvalue weighted by atomic mass is 16.5. The topological polar surface area (TPSA) is 66.0 Å². The first kappa shape index (κ1) is 14.5. The van der Waals surface area contributed by atoms with Crippen LogP contribution in [0.3, 0.4) is 0 Å². The molecule has 0 bridgehead atoms. The zero-order valence-electron chi connectivity index (χ0n) is 12.4. The van der Waals surface area contributed by atoms with Gasteiger partial charge >= 0.3 is 0 Å². The lowest BCUT2D eigenvalue weighted by Crippen LogP contribution is -2.09. The van der Waals surface area contributed by atoms with Crippen LogP contribution in [-0.2, 0) is 19.6 Å². The first-order valence-electron chi connectivity index (χ1n) is 6.95. The largest absolute Gasteiger partial charge is 0.485 e. The van der Waals surface area contributed by atoms with Gasteiger partial charge in [0.1, 0.15) is 18.7 Å². The molecule has 1 heterocycles. The van der Waals surface area contributed by atoms with Gasteiger partial charge < -0.3 is 10.5 Å². The third-order valence-corrected chi connectivity index (χ3v) is 3.29. The van der Waals surface area contributed by atoms with Gasteiger partial charge in [-0.1, -0.05) is 12.1 Å². The predicted octanol–water partition coefficient (Wildman–Crippen LogP) is 2.00. The van der Waals surface area contributed by atoms with Crippen molar-refractivity contribution in [2.24, 2.45) is 5.73 Å². The summed E-state index contributed by atoms with van der Waals surface area (Å²) in [5.74, 6) is 1.77. The van der Waals surface area contributed by atoms with E-state index < -0.39 is 0 Å². The molecule has 5 heteroatoms. The van der Waals surface area contributed by atoms with E-state index in [1.807, 2.05) is 11.6 Å². The summed E-state index contributed by atoms with van der Waals surface area (Å²) < 4.78 is 7.77. The molecule has 0 aliphatic rings. The van der Waals surface area contributed by atoms with Gasteiger partial charge in [-0.25, -0.2) is 9.67 Å². The number of ether oxygens (including phenoxy) is 1. The van der Waals surface area contributed by atoms with E-state index in [-0.39, 0.29) is 0 Å². The standard InChI is InChI=1S/C15H22N4O/c1-4-19-14(17-10-18-19)9-20-15-11(2)7-13(5-6-16)8-12(15)3/h7-8,10H,4-6,9,16H2,1-3H3. The Hall–Kier alpha value is -1.88. The Kier molecular flexibility index (Phi) is 4.74. The van der Waals surface area contributed by atoms with Crippen LogP contribution in [0.25, 0.3) is 0 Å². The molecule has 0 fully saturated rings. The Balaban J connectivity index is 2.13. The van der Waals surface area contributed by atoms with Crippen LogP contribution in [-0.4, -0.2) is 21.3 Å². The van der Waals surface area contributed by atoms with Gasteiger partial charge in [0.15, 0.2) is 5.82 Å². The van der Waals surface area contributed by atoms with Crippen LogP contribution in [0.4, 0.5) is 0 Å². The molecule has 0 aliphatic heterocycles. The molecule has 0 unspecified atom stereocenters. The minimum atomic E-state index is 0.436. The molecular formula is C15H22N4O. The van der Waals surface area contributed by atoms with Crippen LogP contribution in [0.15, 0.2) is 18.5 Å². The van der Waals surface area contributed by atoms with E-state index in [9.17, 15) is 0 Å². The molecule has 0 spiro atoms. The van der Waals surface area contributed by atoms with Gasteiger partial charge in [-0.3, -0.25) is 0 Å². The Morgan fingerprint density at radius 2 is 1.95 bits per heavy atom. The molecule has 1 aromatic heterocycles. The van der Waals surface area contributed by atoms with Gasteiger partial charge in [0.25, 0.3) is 0 Å². The first-order valence-corrected chi connectivity index (χ1v) is 6.95. The first-order chi connectivity index (χ1) is 9.65. The van der Waals surface area contributed by atoms with E-state index >= 15 is 0 Å². The van der Waals surface area contributed by atoms with Crippen molar-refractivity contribution in [3.63, 3.8) is 0 Å². The molecule has 20 heavy (non-hydrogen) atoms. The van der Waals surface area contributed by atoms with Crippen LogP contribution >= 0.6 is 0 Å². The summed E-state index contributed by atoms with van der Waals surface area (Å²) in [4.78, 5) is 4.22. The molecule has 5 nitrogen and oxygen atoms in total. The average molecular weight is 274 g/mol. The zero-order valence-corrected chi connectivity index (χ0v) is 12.4. The molecule has 108 valence electrons. The maximum absolute atomic E-state index is 5.93. The number of nitrogens with two attached hydrogens (primary N) is 1. The summed E-state index contributed by atoms with van der Waals surface area (Å²) in [6, 6.07) is 4.28. The van der Waals surface area contributed by atoms with E-state index in [4.69, 9.17) is 10.5 Å². The fraction of sp³-hybridized carbons (Fsp3) is 0.467. The van der Waals surface area contributed by atoms with Crippen molar-refractivity contribution in [2.75, 3.05) is 6.54 Å². The smallest absolute Gasteiger partial charge is 0.164 e. The van der Waals surface area contributed by atoms with Gasteiger partial charge in [0, 0.05) is 6.54 Å². The van der Waals surface area contributed by atoms with E-state index in [0.717, 1.165) is 35.7 Å². The SMILES string of the molecule is CCn1ncnc1COc1c(C)cc(CCN)cc1C. The number of aromatic nitrogens is 3. The molecule has 0 atom stereocenters. The number of hydrogen-bond donors (Lipinski definition) is 1. The maximum Gasteiger partial charge on any atom is 0.164 e. The Bertz CT molecular complexity index is 554. The summed E-state index contributed by atoms with van der Waals surface area (Å²) in [7, 11) is 0. The summed E-state index contributed by atoms with van der Waals surface area (Å²) in [5, 5.41) is 4.14. The third-order valence-electron chi connectivity index (χ3n) is 3.29. The molecule has 0 saturated heterocycles. The number of hydrogen-bond acceptors (Lipinski definition) is 4. The van der Waals surface area contributed by atoms with E-state index in [2.05, 4.69) is 36.1 Å². The lowest BCUT2D eigenvalue weighted by molar-refractivity contribution is 0.283. The van der Waals surface area contributed by atoms with Crippen molar-refractivity contribution < 1.29 is 4.74 Å². The highest BCUT2D eigenvalue weighted by molar-refractivity contribution is 5.43. The molecule has 0 radical (unpaired) electrons. The Labute approximate surface area is 119 Å². The summed E-state index contributed by atoms with van der Waals surface area (Å²) >= 11 is 0. The Morgan fingerprint density at radius 3 is 2.55 bits per heavy atom. The molecule has 0 saturated carbocycles. The minimum absolute atomic E-state index is 0.436. The van der Waals surface area contributed by atoms with Crippen LogP contribution in [0.1, 0.15) is 29.4 Å². The second-order valence-corrected chi connectivity index (χ2v) is 4.88.